The zero-order valence-corrected chi connectivity index (χ0v) is 7.74. The molecule has 0 aliphatic heterocycles. The smallest absolute Gasteiger partial charge is 0.328 e. The van der Waals surface area contributed by atoms with Crippen LogP contribution in [0.4, 0.5) is 0 Å². The molecule has 2 N–H and O–H groups in total. The van der Waals surface area contributed by atoms with Crippen molar-refractivity contribution in [2.24, 2.45) is 0 Å². The highest BCUT2D eigenvalue weighted by atomic mass is 35.5. The van der Waals surface area contributed by atoms with Crippen molar-refractivity contribution in [3.63, 3.8) is 0 Å². The summed E-state index contributed by atoms with van der Waals surface area (Å²) in [6, 6.07) is 0. The average Bonchev–Trinajstić information content (AvgIpc) is 2.09. The molecule has 14 heavy (non-hydrogen) atoms. The quantitative estimate of drug-likeness (QED) is 0.726. The molecular weight excluding hydrogens is 212 g/mol. The Morgan fingerprint density at radius 1 is 1.57 bits per heavy atom. The fourth-order valence-corrected chi connectivity index (χ4v) is 1.03. The number of aliphatic carboxylic acids is 1. The van der Waals surface area contributed by atoms with E-state index in [0.29, 0.717) is 0 Å². The van der Waals surface area contributed by atoms with Crippen LogP contribution in [0.1, 0.15) is 6.42 Å². The Kier molecular flexibility index (Phi) is 3.08. The van der Waals surface area contributed by atoms with Gasteiger partial charge in [-0.3, -0.25) is 19.1 Å². The monoisotopic (exact) mass is 218 g/mol. The number of nitrogens with one attached hydrogen (secondary N) is 1. The molecule has 0 spiro atoms. The van der Waals surface area contributed by atoms with E-state index in [1.807, 2.05) is 4.98 Å². The van der Waals surface area contributed by atoms with E-state index in [4.69, 9.17) is 16.7 Å². The Balaban J connectivity index is 2.99. The van der Waals surface area contributed by atoms with Crippen molar-refractivity contribution in [3.8, 4) is 0 Å². The Morgan fingerprint density at radius 3 is 2.79 bits per heavy atom. The predicted octanol–water partition coefficient (Wildman–Crippen LogP) is -0.335. The summed E-state index contributed by atoms with van der Waals surface area (Å²) in [5, 5.41) is 8.23. The molecule has 0 fully saturated rings. The van der Waals surface area contributed by atoms with Crippen LogP contribution in [-0.4, -0.2) is 20.6 Å². The van der Waals surface area contributed by atoms with Gasteiger partial charge in [-0.2, -0.15) is 0 Å². The van der Waals surface area contributed by atoms with Crippen LogP contribution in [0.25, 0.3) is 0 Å². The number of carbonyl (C=O) groups is 1. The second-order valence-electron chi connectivity index (χ2n) is 2.57. The minimum atomic E-state index is -1.03. The van der Waals surface area contributed by atoms with Crippen molar-refractivity contribution in [1.29, 1.82) is 0 Å². The normalized spacial score (nSPS) is 10.1. The summed E-state index contributed by atoms with van der Waals surface area (Å²) < 4.78 is 1.04. The summed E-state index contributed by atoms with van der Waals surface area (Å²) in [5.74, 6) is -1.03. The summed E-state index contributed by atoms with van der Waals surface area (Å²) in [6.45, 7) is -0.0231. The molecule has 1 heterocycles. The first-order chi connectivity index (χ1) is 6.50. The number of hydrogen-bond acceptors (Lipinski definition) is 3. The number of rotatable bonds is 3. The minimum Gasteiger partial charge on any atom is -0.481 e. The number of hydrogen-bond donors (Lipinski definition) is 2. The van der Waals surface area contributed by atoms with Crippen LogP contribution in [0, 0.1) is 0 Å². The molecule has 1 aromatic rings. The van der Waals surface area contributed by atoms with Crippen LogP contribution >= 0.6 is 11.6 Å². The molecule has 0 aliphatic rings. The second-order valence-corrected chi connectivity index (χ2v) is 2.98. The Hall–Kier alpha value is -1.56. The molecule has 0 amide bonds. The lowest BCUT2D eigenvalue weighted by atomic mass is 10.4. The van der Waals surface area contributed by atoms with E-state index in [1.54, 1.807) is 0 Å². The van der Waals surface area contributed by atoms with Gasteiger partial charge in [0.05, 0.1) is 6.42 Å². The largest absolute Gasteiger partial charge is 0.481 e. The average molecular weight is 219 g/mol. The summed E-state index contributed by atoms with van der Waals surface area (Å²) in [5.41, 5.74) is -1.34. The number of aromatic nitrogens is 2. The predicted molar refractivity (Wildman–Crippen MR) is 48.6 cm³/mol. The van der Waals surface area contributed by atoms with Crippen molar-refractivity contribution in [3.05, 3.63) is 32.1 Å². The molecule has 1 aromatic heterocycles. The lowest BCUT2D eigenvalue weighted by Gasteiger charge is -2.01. The van der Waals surface area contributed by atoms with Crippen LogP contribution in [0.2, 0.25) is 5.02 Å². The number of aromatic amines is 1. The molecule has 0 saturated heterocycles. The maximum absolute atomic E-state index is 11.1. The molecule has 0 aromatic carbocycles. The molecule has 76 valence electrons. The molecule has 0 saturated carbocycles. The van der Waals surface area contributed by atoms with Gasteiger partial charge in [0.2, 0.25) is 0 Å². The molecule has 6 nitrogen and oxygen atoms in total. The second kappa shape index (κ2) is 4.10. The number of carboxylic acids is 1. The van der Waals surface area contributed by atoms with Gasteiger partial charge in [-0.25, -0.2) is 4.79 Å². The van der Waals surface area contributed by atoms with Crippen molar-refractivity contribution in [2.45, 2.75) is 13.0 Å². The van der Waals surface area contributed by atoms with Gasteiger partial charge in [0, 0.05) is 12.7 Å². The SMILES string of the molecule is O=C(O)CCn1cc(Cl)c(=O)[nH]c1=O. The highest BCUT2D eigenvalue weighted by Gasteiger charge is 2.03. The van der Waals surface area contributed by atoms with Gasteiger partial charge in [-0.05, 0) is 0 Å². The molecule has 0 unspecified atom stereocenters. The van der Waals surface area contributed by atoms with E-state index in [2.05, 4.69) is 0 Å². The Labute approximate surface area is 82.8 Å². The van der Waals surface area contributed by atoms with E-state index >= 15 is 0 Å². The van der Waals surface area contributed by atoms with Crippen LogP contribution in [0.15, 0.2) is 15.8 Å². The maximum atomic E-state index is 11.1. The molecular formula is C7H7ClN2O4. The summed E-state index contributed by atoms with van der Waals surface area (Å²) in [6.07, 6.45) is 0.911. The van der Waals surface area contributed by atoms with E-state index in [1.165, 1.54) is 0 Å². The van der Waals surface area contributed by atoms with Crippen molar-refractivity contribution in [1.82, 2.24) is 9.55 Å². The molecule has 7 heteroatoms. The van der Waals surface area contributed by atoms with Crippen molar-refractivity contribution >= 4 is 17.6 Å². The number of carboxylic acid groups (broad SMARTS) is 1. The molecule has 0 radical (unpaired) electrons. The van der Waals surface area contributed by atoms with Crippen molar-refractivity contribution < 1.29 is 9.90 Å². The number of nitrogens with zero attached hydrogens (tertiary/aromatic N) is 1. The van der Waals surface area contributed by atoms with Crippen LogP contribution in [0.3, 0.4) is 0 Å². The first-order valence-electron chi connectivity index (χ1n) is 3.72. The number of aryl methyl sites for hydroxylation is 1. The first-order valence-corrected chi connectivity index (χ1v) is 4.09. The van der Waals surface area contributed by atoms with Gasteiger partial charge in [0.15, 0.2) is 0 Å². The van der Waals surface area contributed by atoms with Crippen LogP contribution < -0.4 is 11.2 Å². The van der Waals surface area contributed by atoms with Gasteiger partial charge in [0.25, 0.3) is 5.56 Å². The van der Waals surface area contributed by atoms with Crippen molar-refractivity contribution in [2.75, 3.05) is 0 Å². The minimum absolute atomic E-state index is 0.0231. The van der Waals surface area contributed by atoms with Gasteiger partial charge in [-0.15, -0.1) is 0 Å². The fraction of sp³-hybridized carbons (Fsp3) is 0.286. The van der Waals surface area contributed by atoms with E-state index < -0.39 is 17.2 Å². The van der Waals surface area contributed by atoms with E-state index in [9.17, 15) is 14.4 Å². The summed E-state index contributed by atoms with van der Waals surface area (Å²) in [4.78, 5) is 34.0. The zero-order chi connectivity index (χ0) is 10.7. The standard InChI is InChI=1S/C7H7ClN2O4/c8-4-3-10(2-1-5(11)12)7(14)9-6(4)13/h3H,1-2H2,(H,11,12)(H,9,13,14). The Bertz CT molecular complexity index is 461. The summed E-state index contributed by atoms with van der Waals surface area (Å²) >= 11 is 5.45. The molecule has 0 aliphatic carbocycles. The lowest BCUT2D eigenvalue weighted by molar-refractivity contribution is -0.137. The topological polar surface area (TPSA) is 92.2 Å². The fourth-order valence-electron chi connectivity index (χ4n) is 0.865. The van der Waals surface area contributed by atoms with E-state index in [-0.39, 0.29) is 18.0 Å². The first kappa shape index (κ1) is 10.5. The summed E-state index contributed by atoms with van der Waals surface area (Å²) in [7, 11) is 0. The maximum Gasteiger partial charge on any atom is 0.328 e. The Morgan fingerprint density at radius 2 is 2.21 bits per heavy atom. The third kappa shape index (κ3) is 2.46. The van der Waals surface area contributed by atoms with Gasteiger partial charge in [-0.1, -0.05) is 11.6 Å². The highest BCUT2D eigenvalue weighted by Crippen LogP contribution is 1.96. The third-order valence-electron chi connectivity index (χ3n) is 1.53. The molecule has 1 rings (SSSR count). The van der Waals surface area contributed by atoms with Gasteiger partial charge in [0.1, 0.15) is 5.02 Å². The number of H-pyrrole nitrogens is 1. The number of halogens is 1. The third-order valence-corrected chi connectivity index (χ3v) is 1.80. The van der Waals surface area contributed by atoms with Gasteiger partial charge >= 0.3 is 11.7 Å². The van der Waals surface area contributed by atoms with Crippen LogP contribution in [-0.2, 0) is 11.3 Å². The highest BCUT2D eigenvalue weighted by molar-refractivity contribution is 6.30. The lowest BCUT2D eigenvalue weighted by Crippen LogP contribution is -2.30. The zero-order valence-electron chi connectivity index (χ0n) is 6.99. The van der Waals surface area contributed by atoms with E-state index in [0.717, 1.165) is 10.8 Å². The van der Waals surface area contributed by atoms with Crippen LogP contribution in [0.5, 0.6) is 0 Å². The van der Waals surface area contributed by atoms with Gasteiger partial charge < -0.3 is 5.11 Å². The molecule has 0 bridgehead atoms. The molecule has 0 atom stereocenters.